The van der Waals surface area contributed by atoms with Gasteiger partial charge < -0.3 is 14.2 Å². The van der Waals surface area contributed by atoms with Gasteiger partial charge in [0, 0.05) is 17.5 Å². The largest absolute Gasteiger partial charge is 0.374 e. The second-order valence-corrected chi connectivity index (χ2v) is 11.1. The third kappa shape index (κ3) is 4.76. The van der Waals surface area contributed by atoms with Crippen LogP contribution in [0.5, 0.6) is 0 Å². The summed E-state index contributed by atoms with van der Waals surface area (Å²) in [4.78, 5) is 27.0. The molecular weight excluding hydrogens is 472 g/mol. The smallest absolute Gasteiger partial charge is 0.330 e. The van der Waals surface area contributed by atoms with Crippen LogP contribution in [0.15, 0.2) is 76.4 Å². The SMILES string of the molecule is Cc1cn([C@@H]2O[C@@]3(COCc4ccccc4)CSSC2C3OCc2ccccc2)c(=O)[nH]c1=O. The molecule has 9 heteroatoms. The first-order valence-corrected chi connectivity index (χ1v) is 13.5. The monoisotopic (exact) mass is 498 g/mol. The molecule has 0 aliphatic carbocycles. The average molecular weight is 499 g/mol. The normalized spacial score (nSPS) is 26.0. The molecular formula is C25H26N2O5S2. The molecule has 1 N–H and O–H groups in total. The number of hydrogen-bond acceptors (Lipinski definition) is 7. The zero-order chi connectivity index (χ0) is 23.5. The fourth-order valence-electron chi connectivity index (χ4n) is 4.32. The van der Waals surface area contributed by atoms with Crippen LogP contribution < -0.4 is 11.2 Å². The van der Waals surface area contributed by atoms with Crippen molar-refractivity contribution in [2.75, 3.05) is 12.4 Å². The van der Waals surface area contributed by atoms with E-state index in [2.05, 4.69) is 4.98 Å². The number of hydrogen-bond donors (Lipinski definition) is 1. The van der Waals surface area contributed by atoms with E-state index in [9.17, 15) is 9.59 Å². The number of benzene rings is 2. The summed E-state index contributed by atoms with van der Waals surface area (Å²) in [6, 6.07) is 20.0. The van der Waals surface area contributed by atoms with Gasteiger partial charge >= 0.3 is 5.69 Å². The van der Waals surface area contributed by atoms with Gasteiger partial charge in [0.2, 0.25) is 0 Å². The molecule has 4 atom stereocenters. The lowest BCUT2D eigenvalue weighted by molar-refractivity contribution is -0.143. The molecule has 0 amide bonds. The summed E-state index contributed by atoms with van der Waals surface area (Å²) in [5, 5.41) is -0.147. The molecule has 2 aliphatic heterocycles. The second-order valence-electron chi connectivity index (χ2n) is 8.57. The number of aromatic amines is 1. The molecule has 1 aromatic heterocycles. The van der Waals surface area contributed by atoms with E-state index >= 15 is 0 Å². The van der Waals surface area contributed by atoms with Crippen LogP contribution in [0.3, 0.4) is 0 Å². The number of aryl methyl sites for hydroxylation is 1. The highest BCUT2D eigenvalue weighted by Crippen LogP contribution is 2.55. The molecule has 2 aliphatic rings. The molecule has 34 heavy (non-hydrogen) atoms. The molecule has 2 saturated heterocycles. The van der Waals surface area contributed by atoms with Gasteiger partial charge in [0.15, 0.2) is 6.23 Å². The van der Waals surface area contributed by atoms with Crippen LogP contribution in [-0.2, 0) is 27.4 Å². The average Bonchev–Trinajstić information content (AvgIpc) is 3.01. The number of ether oxygens (including phenoxy) is 3. The van der Waals surface area contributed by atoms with Gasteiger partial charge in [-0.1, -0.05) is 82.3 Å². The van der Waals surface area contributed by atoms with Crippen LogP contribution in [0.25, 0.3) is 0 Å². The van der Waals surface area contributed by atoms with Crippen LogP contribution in [0.4, 0.5) is 0 Å². The first kappa shape index (κ1) is 23.4. The molecule has 178 valence electrons. The molecule has 2 unspecified atom stereocenters. The molecule has 3 heterocycles. The van der Waals surface area contributed by atoms with E-state index in [1.807, 2.05) is 60.7 Å². The van der Waals surface area contributed by atoms with E-state index in [0.717, 1.165) is 11.1 Å². The first-order valence-electron chi connectivity index (χ1n) is 11.1. The zero-order valence-corrected chi connectivity index (χ0v) is 20.3. The Hall–Kier alpha value is -2.30. The Kier molecular flexibility index (Phi) is 6.99. The molecule has 0 radical (unpaired) electrons. The van der Waals surface area contributed by atoms with E-state index in [1.165, 1.54) is 4.57 Å². The lowest BCUT2D eigenvalue weighted by Crippen LogP contribution is -2.51. The second kappa shape index (κ2) is 10.1. The van der Waals surface area contributed by atoms with Crippen molar-refractivity contribution in [3.63, 3.8) is 0 Å². The predicted octanol–water partition coefficient (Wildman–Crippen LogP) is 3.68. The summed E-state index contributed by atoms with van der Waals surface area (Å²) in [6.45, 7) is 2.91. The van der Waals surface area contributed by atoms with Crippen molar-refractivity contribution in [2.24, 2.45) is 0 Å². The van der Waals surface area contributed by atoms with Gasteiger partial charge in [-0.3, -0.25) is 14.3 Å². The molecule has 0 saturated carbocycles. The molecule has 2 aromatic carbocycles. The lowest BCUT2D eigenvalue weighted by atomic mass is 9.99. The van der Waals surface area contributed by atoms with Crippen molar-refractivity contribution >= 4 is 21.6 Å². The fourth-order valence-corrected chi connectivity index (χ4v) is 7.63. The Morgan fingerprint density at radius 1 is 1.06 bits per heavy atom. The Morgan fingerprint density at radius 2 is 1.74 bits per heavy atom. The maximum atomic E-state index is 12.7. The van der Waals surface area contributed by atoms with Crippen molar-refractivity contribution in [2.45, 2.75) is 43.3 Å². The minimum atomic E-state index is -0.724. The summed E-state index contributed by atoms with van der Waals surface area (Å²) in [5.74, 6) is 0.663. The number of H-pyrrole nitrogens is 1. The van der Waals surface area contributed by atoms with Gasteiger partial charge in [-0.15, -0.1) is 0 Å². The first-order chi connectivity index (χ1) is 16.6. The number of nitrogens with zero attached hydrogens (tertiary/aromatic N) is 1. The standard InChI is InChI=1S/C25H26N2O5S2/c1-17-12-27(24(29)26-22(17)28)23-20-21(31-14-19-10-6-3-7-11-19)25(32-23,16-33-34-20)15-30-13-18-8-4-2-5-9-18/h2-12,20-21,23H,13-16H2,1H3,(H,26,28,29)/t20?,21?,23-,25+/m1/s1. The molecule has 5 rings (SSSR count). The summed E-state index contributed by atoms with van der Waals surface area (Å²) < 4.78 is 20.7. The van der Waals surface area contributed by atoms with E-state index in [4.69, 9.17) is 14.2 Å². The van der Waals surface area contributed by atoms with Crippen molar-refractivity contribution in [1.29, 1.82) is 0 Å². The number of rotatable bonds is 8. The number of fused-ring (bicyclic) bond motifs is 2. The molecule has 2 fully saturated rings. The summed E-state index contributed by atoms with van der Waals surface area (Å²) in [7, 11) is 3.36. The van der Waals surface area contributed by atoms with Gasteiger partial charge in [-0.2, -0.15) is 0 Å². The minimum Gasteiger partial charge on any atom is -0.374 e. The Labute approximate surface area is 205 Å². The lowest BCUT2D eigenvalue weighted by Gasteiger charge is -2.37. The van der Waals surface area contributed by atoms with E-state index in [-0.39, 0.29) is 16.9 Å². The van der Waals surface area contributed by atoms with Crippen molar-refractivity contribution in [1.82, 2.24) is 9.55 Å². The van der Waals surface area contributed by atoms with Gasteiger partial charge in [-0.05, 0) is 18.1 Å². The predicted molar refractivity (Wildman–Crippen MR) is 134 cm³/mol. The molecule has 7 nitrogen and oxygen atoms in total. The number of nitrogens with one attached hydrogen (secondary N) is 1. The van der Waals surface area contributed by atoms with Gasteiger partial charge in [0.25, 0.3) is 5.56 Å². The third-order valence-corrected chi connectivity index (χ3v) is 8.96. The van der Waals surface area contributed by atoms with Gasteiger partial charge in [0.1, 0.15) is 11.7 Å². The highest BCUT2D eigenvalue weighted by molar-refractivity contribution is 8.77. The minimum absolute atomic E-state index is 0.147. The Balaban J connectivity index is 1.42. The Morgan fingerprint density at radius 3 is 2.44 bits per heavy atom. The third-order valence-electron chi connectivity index (χ3n) is 6.09. The van der Waals surface area contributed by atoms with Crippen LogP contribution in [0.2, 0.25) is 0 Å². The van der Waals surface area contributed by atoms with Crippen LogP contribution in [0.1, 0.15) is 22.9 Å². The summed E-state index contributed by atoms with van der Waals surface area (Å²) in [6.07, 6.45) is 0.702. The van der Waals surface area contributed by atoms with Gasteiger partial charge in [0.05, 0.1) is 25.1 Å². The van der Waals surface area contributed by atoms with E-state index in [0.29, 0.717) is 31.1 Å². The number of aromatic nitrogens is 2. The molecule has 0 spiro atoms. The highest BCUT2D eigenvalue weighted by Gasteiger charge is 2.60. The molecule has 2 bridgehead atoms. The van der Waals surface area contributed by atoms with Gasteiger partial charge in [-0.25, -0.2) is 4.79 Å². The summed E-state index contributed by atoms with van der Waals surface area (Å²) in [5.41, 5.74) is 1.01. The topological polar surface area (TPSA) is 82.6 Å². The van der Waals surface area contributed by atoms with E-state index in [1.54, 1.807) is 34.7 Å². The van der Waals surface area contributed by atoms with Crippen molar-refractivity contribution in [3.05, 3.63) is 104 Å². The van der Waals surface area contributed by atoms with Crippen LogP contribution in [-0.4, -0.2) is 38.9 Å². The Bertz CT molecular complexity index is 1230. The van der Waals surface area contributed by atoms with Crippen molar-refractivity contribution in [3.8, 4) is 0 Å². The zero-order valence-electron chi connectivity index (χ0n) is 18.7. The highest BCUT2D eigenvalue weighted by atomic mass is 33.1. The quantitative estimate of drug-likeness (QED) is 0.475. The summed E-state index contributed by atoms with van der Waals surface area (Å²) >= 11 is 0. The maximum absolute atomic E-state index is 12.7. The fraction of sp³-hybridized carbons (Fsp3) is 0.360. The van der Waals surface area contributed by atoms with E-state index < -0.39 is 17.5 Å². The van der Waals surface area contributed by atoms with Crippen LogP contribution >= 0.6 is 21.6 Å². The van der Waals surface area contributed by atoms with Crippen LogP contribution in [0, 0.1) is 6.92 Å². The maximum Gasteiger partial charge on any atom is 0.330 e. The molecule has 3 aromatic rings. The van der Waals surface area contributed by atoms with Crippen molar-refractivity contribution < 1.29 is 14.2 Å².